The Morgan fingerprint density at radius 3 is 2.45 bits per heavy atom. The van der Waals surface area contributed by atoms with E-state index in [9.17, 15) is 8.78 Å². The normalized spacial score (nSPS) is 18.1. The summed E-state index contributed by atoms with van der Waals surface area (Å²) in [6.45, 7) is 11.4. The number of hydrogen-bond acceptors (Lipinski definition) is 6. The molecule has 0 spiro atoms. The fraction of sp³-hybridized carbons (Fsp3) is 0.567. The topological polar surface area (TPSA) is 77.2 Å². The molecule has 2 N–H and O–H groups in total. The summed E-state index contributed by atoms with van der Waals surface area (Å²) in [5, 5.41) is 0.379. The molecule has 0 aliphatic carbocycles. The first-order chi connectivity index (χ1) is 18.9. The third-order valence-corrected chi connectivity index (χ3v) is 8.35. The van der Waals surface area contributed by atoms with Crippen molar-refractivity contribution in [2.24, 2.45) is 0 Å². The van der Waals surface area contributed by atoms with Crippen LogP contribution in [0.5, 0.6) is 6.01 Å². The molecule has 1 saturated heterocycles. The Labute approximate surface area is 239 Å². The number of pyridine rings is 1. The molecule has 0 saturated carbocycles. The summed E-state index contributed by atoms with van der Waals surface area (Å²) in [5.74, 6) is -4.19. The number of alkyl halides is 2. The molecule has 2 aromatic heterocycles. The van der Waals surface area contributed by atoms with E-state index in [4.69, 9.17) is 22.1 Å². The molecule has 1 aliphatic heterocycles. The molecule has 1 fully saturated rings. The maximum Gasteiger partial charge on any atom is 0.317 e. The van der Waals surface area contributed by atoms with Crippen LogP contribution >= 0.6 is 11.6 Å². The number of aromatic nitrogens is 3. The predicted octanol–water partition coefficient (Wildman–Crippen LogP) is 7.92. The molecular weight excluding hydrogens is 539 g/mol. The fourth-order valence-electron chi connectivity index (χ4n) is 6.11. The van der Waals surface area contributed by atoms with Crippen molar-refractivity contribution in [3.05, 3.63) is 39.3 Å². The number of hydrogen-bond donors (Lipinski definition) is 1. The highest BCUT2D eigenvalue weighted by molar-refractivity contribution is 6.35. The Hall–Kier alpha value is -2.65. The largest absolute Gasteiger partial charge is 0.462 e. The molecule has 6 nitrogen and oxygen atoms in total. The third-order valence-electron chi connectivity index (χ3n) is 7.88. The summed E-state index contributed by atoms with van der Waals surface area (Å²) in [6, 6.07) is 2.15. The molecule has 3 heterocycles. The first kappa shape index (κ1) is 30.3. The Balaban J connectivity index is 1.76. The van der Waals surface area contributed by atoms with Crippen LogP contribution in [-0.2, 0) is 5.92 Å². The molecule has 0 radical (unpaired) electrons. The van der Waals surface area contributed by atoms with Crippen LogP contribution in [0.25, 0.3) is 22.2 Å². The van der Waals surface area contributed by atoms with Crippen LogP contribution in [0.3, 0.4) is 0 Å². The Morgan fingerprint density at radius 1 is 1.10 bits per heavy atom. The van der Waals surface area contributed by atoms with Crippen LogP contribution in [0, 0.1) is 26.6 Å². The highest BCUT2D eigenvalue weighted by Gasteiger charge is 2.35. The minimum atomic E-state index is -3.31. The van der Waals surface area contributed by atoms with Crippen molar-refractivity contribution >= 4 is 28.3 Å². The SMILES string of the molecule is CCCCC1CCC(COc2nc(C)c3c(C)c(Cl)c(-c4nc(N)cc(C)c4C(C)(F)F)c(F)c3n2)N1CCC. The Kier molecular flexibility index (Phi) is 9.15. The molecule has 40 heavy (non-hydrogen) atoms. The van der Waals surface area contributed by atoms with Crippen molar-refractivity contribution in [3.8, 4) is 17.3 Å². The second kappa shape index (κ2) is 12.1. The number of likely N-dealkylation sites (tertiary alicyclic amines) is 1. The highest BCUT2D eigenvalue weighted by atomic mass is 35.5. The lowest BCUT2D eigenvalue weighted by atomic mass is 9.94. The van der Waals surface area contributed by atoms with Gasteiger partial charge in [-0.25, -0.2) is 18.2 Å². The number of ether oxygens (including phenoxy) is 1. The van der Waals surface area contributed by atoms with Gasteiger partial charge in [-0.2, -0.15) is 9.97 Å². The second-order valence-corrected chi connectivity index (χ2v) is 11.4. The summed E-state index contributed by atoms with van der Waals surface area (Å²) in [4.78, 5) is 15.6. The standard InChI is InChI=1S/C30H39ClF3N5O/c1-7-9-10-19-11-12-20(39(19)13-8-2)15-40-29-36-18(5)22-17(4)25(31)23(26(32)28(22)38-29)27-24(30(6,33)34)16(3)14-21(35)37-27/h14,19-20H,7-13,15H2,1-6H3,(H2,35,37). The first-order valence-corrected chi connectivity index (χ1v) is 14.5. The summed E-state index contributed by atoms with van der Waals surface area (Å²) in [6.07, 6.45) is 6.72. The number of fused-ring (bicyclic) bond motifs is 1. The van der Waals surface area contributed by atoms with Gasteiger partial charge in [-0.3, -0.25) is 4.90 Å². The van der Waals surface area contributed by atoms with Crippen molar-refractivity contribution in [3.63, 3.8) is 0 Å². The molecule has 2 unspecified atom stereocenters. The number of nitrogens with two attached hydrogens (primary N) is 1. The van der Waals surface area contributed by atoms with E-state index in [2.05, 4.69) is 33.7 Å². The number of benzene rings is 1. The monoisotopic (exact) mass is 577 g/mol. The molecule has 10 heteroatoms. The smallest absolute Gasteiger partial charge is 0.317 e. The molecule has 4 rings (SSSR count). The number of aryl methyl sites for hydroxylation is 3. The van der Waals surface area contributed by atoms with E-state index in [1.807, 2.05) is 0 Å². The maximum absolute atomic E-state index is 16.3. The van der Waals surface area contributed by atoms with Crippen molar-refractivity contribution in [2.75, 3.05) is 18.9 Å². The average Bonchev–Trinajstić information content (AvgIpc) is 3.25. The van der Waals surface area contributed by atoms with Gasteiger partial charge in [0.15, 0.2) is 5.82 Å². The Morgan fingerprint density at radius 2 is 1.80 bits per heavy atom. The Bertz CT molecular complexity index is 1390. The van der Waals surface area contributed by atoms with Gasteiger partial charge in [0, 0.05) is 24.4 Å². The van der Waals surface area contributed by atoms with E-state index in [0.717, 1.165) is 32.7 Å². The van der Waals surface area contributed by atoms with Gasteiger partial charge in [0.05, 0.1) is 27.5 Å². The van der Waals surface area contributed by atoms with Crippen molar-refractivity contribution in [1.29, 1.82) is 0 Å². The fourth-order valence-corrected chi connectivity index (χ4v) is 6.38. The number of unbranched alkanes of at least 4 members (excludes halogenated alkanes) is 1. The predicted molar refractivity (Wildman–Crippen MR) is 155 cm³/mol. The molecule has 0 amide bonds. The van der Waals surface area contributed by atoms with E-state index < -0.39 is 17.3 Å². The maximum atomic E-state index is 16.3. The van der Waals surface area contributed by atoms with E-state index in [-0.39, 0.29) is 45.2 Å². The van der Waals surface area contributed by atoms with Gasteiger partial charge in [-0.1, -0.05) is 38.3 Å². The lowest BCUT2D eigenvalue weighted by Crippen LogP contribution is -2.40. The van der Waals surface area contributed by atoms with Gasteiger partial charge in [0.25, 0.3) is 5.92 Å². The second-order valence-electron chi connectivity index (χ2n) is 11.0. The minimum Gasteiger partial charge on any atom is -0.462 e. The van der Waals surface area contributed by atoms with Crippen LogP contribution in [0.4, 0.5) is 19.0 Å². The van der Waals surface area contributed by atoms with Crippen LogP contribution in [0.15, 0.2) is 6.07 Å². The zero-order valence-electron chi connectivity index (χ0n) is 24.2. The lowest BCUT2D eigenvalue weighted by Gasteiger charge is -2.29. The van der Waals surface area contributed by atoms with Crippen LogP contribution in [0.1, 0.15) is 81.7 Å². The molecule has 1 aromatic carbocycles. The van der Waals surface area contributed by atoms with E-state index in [0.29, 0.717) is 29.3 Å². The molecule has 2 atom stereocenters. The lowest BCUT2D eigenvalue weighted by molar-refractivity contribution is 0.0172. The van der Waals surface area contributed by atoms with E-state index in [1.165, 1.54) is 32.3 Å². The molecule has 0 bridgehead atoms. The average molecular weight is 578 g/mol. The molecule has 218 valence electrons. The molecular formula is C30H39ClF3N5O. The zero-order valence-corrected chi connectivity index (χ0v) is 24.9. The van der Waals surface area contributed by atoms with Crippen LogP contribution in [-0.4, -0.2) is 45.1 Å². The van der Waals surface area contributed by atoms with Gasteiger partial charge < -0.3 is 10.5 Å². The quantitative estimate of drug-likeness (QED) is 0.264. The van der Waals surface area contributed by atoms with Crippen LogP contribution in [0.2, 0.25) is 5.02 Å². The van der Waals surface area contributed by atoms with Crippen molar-refractivity contribution in [2.45, 2.75) is 98.1 Å². The summed E-state index contributed by atoms with van der Waals surface area (Å²) in [7, 11) is 0. The highest BCUT2D eigenvalue weighted by Crippen LogP contribution is 2.44. The summed E-state index contributed by atoms with van der Waals surface area (Å²) in [5.41, 5.74) is 6.01. The number of nitrogens with zero attached hydrogens (tertiary/aromatic N) is 4. The number of rotatable bonds is 10. The van der Waals surface area contributed by atoms with E-state index in [1.54, 1.807) is 13.8 Å². The van der Waals surface area contributed by atoms with E-state index >= 15 is 4.39 Å². The van der Waals surface area contributed by atoms with Gasteiger partial charge in [0.2, 0.25) is 0 Å². The third kappa shape index (κ3) is 5.86. The summed E-state index contributed by atoms with van der Waals surface area (Å²) < 4.78 is 51.8. The summed E-state index contributed by atoms with van der Waals surface area (Å²) >= 11 is 6.64. The minimum absolute atomic E-state index is 0.0120. The van der Waals surface area contributed by atoms with Gasteiger partial charge >= 0.3 is 6.01 Å². The molecule has 1 aliphatic rings. The first-order valence-electron chi connectivity index (χ1n) is 14.1. The van der Waals surface area contributed by atoms with Gasteiger partial charge in [-0.05, 0) is 70.2 Å². The zero-order chi connectivity index (χ0) is 29.4. The number of nitrogen functional groups attached to an aromatic ring is 1. The number of halogens is 4. The van der Waals surface area contributed by atoms with Crippen molar-refractivity contribution < 1.29 is 17.9 Å². The van der Waals surface area contributed by atoms with Crippen LogP contribution < -0.4 is 10.5 Å². The molecule has 3 aromatic rings. The van der Waals surface area contributed by atoms with Crippen molar-refractivity contribution in [1.82, 2.24) is 19.9 Å². The van der Waals surface area contributed by atoms with Gasteiger partial charge in [0.1, 0.15) is 17.9 Å². The van der Waals surface area contributed by atoms with Gasteiger partial charge in [-0.15, -0.1) is 0 Å². The number of anilines is 1.